The molecule has 3 heteroatoms. The van der Waals surface area contributed by atoms with E-state index in [9.17, 15) is 0 Å². The summed E-state index contributed by atoms with van der Waals surface area (Å²) in [4.78, 5) is 4.54. The Morgan fingerprint density at radius 3 is 2.50 bits per heavy atom. The molecule has 0 heterocycles. The summed E-state index contributed by atoms with van der Waals surface area (Å²) in [5.41, 5.74) is 0. The fourth-order valence-electron chi connectivity index (χ4n) is 0.167. The van der Waals surface area contributed by atoms with Gasteiger partial charge in [-0.15, -0.1) is 0 Å². The molecule has 0 saturated carbocycles. The molecule has 0 amide bonds. The van der Waals surface area contributed by atoms with Gasteiger partial charge in [-0.2, -0.15) is 0 Å². The Labute approximate surface area is 40.9 Å². The van der Waals surface area contributed by atoms with Crippen molar-refractivity contribution in [1.29, 1.82) is 0 Å². The molecule has 0 aromatic carbocycles. The predicted molar refractivity (Wildman–Crippen MR) is 27.3 cm³/mol. The second-order valence-corrected chi connectivity index (χ2v) is 1.32. The Morgan fingerprint density at radius 1 is 1.67 bits per heavy atom. The highest BCUT2D eigenvalue weighted by Crippen LogP contribution is 1.75. The summed E-state index contributed by atoms with van der Waals surface area (Å²) in [6.45, 7) is 2.77. The van der Waals surface area contributed by atoms with Gasteiger partial charge in [0.15, 0.2) is 10.5 Å². The maximum absolute atomic E-state index is 4.54. The van der Waals surface area contributed by atoms with Crippen LogP contribution in [0, 0.1) is 0 Å². The molecule has 0 bridgehead atoms. The molecule has 0 aliphatic heterocycles. The van der Waals surface area contributed by atoms with Gasteiger partial charge in [-0.1, -0.05) is 6.92 Å². The Bertz CT molecular complexity index is 20.8. The molecule has 0 aromatic rings. The van der Waals surface area contributed by atoms with Gasteiger partial charge in [0, 0.05) is 0 Å². The lowest BCUT2D eigenvalue weighted by Crippen LogP contribution is -1.89. The second kappa shape index (κ2) is 5.14. The maximum atomic E-state index is 4.54. The summed E-state index contributed by atoms with van der Waals surface area (Å²) in [5.74, 6) is 0. The normalized spacial score (nSPS) is 9.50. The molecule has 38 valence electrons. The average molecular weight is 106 g/mol. The van der Waals surface area contributed by atoms with Gasteiger partial charge in [-0.3, -0.25) is 4.58 Å². The smallest absolute Gasteiger partial charge is 0.193 e. The zero-order chi connectivity index (χ0) is 4.83. The van der Waals surface area contributed by atoms with E-state index in [1.54, 1.807) is 0 Å². The monoisotopic (exact) mass is 106 g/mol. The van der Waals surface area contributed by atoms with Crippen molar-refractivity contribution < 1.29 is 9.46 Å². The Morgan fingerprint density at radius 2 is 2.33 bits per heavy atom. The van der Waals surface area contributed by atoms with Crippen LogP contribution in [0.5, 0.6) is 0 Å². The fraction of sp³-hybridized carbons (Fsp3) is 1.00. The van der Waals surface area contributed by atoms with Gasteiger partial charge >= 0.3 is 0 Å². The van der Waals surface area contributed by atoms with Crippen LogP contribution in [0.2, 0.25) is 0 Å². The first-order valence-electron chi connectivity index (χ1n) is 2.07. The largest absolute Gasteiger partial charge is 0.298 e. The van der Waals surface area contributed by atoms with Crippen LogP contribution in [-0.2, 0) is 9.46 Å². The zero-order valence-corrected chi connectivity index (χ0v) is 6.23. The summed E-state index contributed by atoms with van der Waals surface area (Å²) < 4.78 is 4.42. The molecule has 0 aliphatic carbocycles. The molecule has 0 aliphatic rings. The van der Waals surface area contributed by atoms with Gasteiger partial charge in [0.2, 0.25) is 0 Å². The third-order valence-electron chi connectivity index (χ3n) is 0.405. The summed E-state index contributed by atoms with van der Waals surface area (Å²) >= 11 is 0. The molecule has 0 radical (unpaired) electrons. The molecular weight excluding hydrogens is 96.1 g/mol. The Hall–Kier alpha value is 0.137. The third kappa shape index (κ3) is 4.14. The zero-order valence-electron chi connectivity index (χ0n) is 4.23. The van der Waals surface area contributed by atoms with Crippen LogP contribution in [0.4, 0.5) is 0 Å². The van der Waals surface area contributed by atoms with Crippen molar-refractivity contribution in [3.05, 3.63) is 0 Å². The van der Waals surface area contributed by atoms with Gasteiger partial charge in [0.1, 0.15) is 0 Å². The minimum atomic E-state index is 0.681. The first-order chi connectivity index (χ1) is 2.91. The van der Waals surface area contributed by atoms with E-state index in [4.69, 9.17) is 0 Å². The van der Waals surface area contributed by atoms with E-state index in [0.717, 1.165) is 13.0 Å². The molecular formula is C3H10O2Si. The lowest BCUT2D eigenvalue weighted by atomic mass is 10.5. The highest BCUT2D eigenvalue weighted by molar-refractivity contribution is 5.97. The molecule has 6 heavy (non-hydrogen) atoms. The summed E-state index contributed by atoms with van der Waals surface area (Å²) in [7, 11) is 0.681. The lowest BCUT2D eigenvalue weighted by molar-refractivity contribution is -0.203. The summed E-state index contributed by atoms with van der Waals surface area (Å²) in [5, 5.41) is 0. The molecule has 0 spiro atoms. The van der Waals surface area contributed by atoms with Gasteiger partial charge in [0.25, 0.3) is 0 Å². The van der Waals surface area contributed by atoms with E-state index in [1.165, 1.54) is 0 Å². The quantitative estimate of drug-likeness (QED) is 0.211. The highest BCUT2D eigenvalue weighted by Gasteiger charge is 1.73. The van der Waals surface area contributed by atoms with Crippen LogP contribution < -0.4 is 0 Å². The molecule has 0 unspecified atom stereocenters. The maximum Gasteiger partial charge on any atom is 0.193 e. The van der Waals surface area contributed by atoms with Crippen molar-refractivity contribution in [2.45, 2.75) is 13.3 Å². The summed E-state index contributed by atoms with van der Waals surface area (Å²) in [6.07, 6.45) is 1.03. The Balaban J connectivity index is 2.34. The molecule has 0 saturated heterocycles. The lowest BCUT2D eigenvalue weighted by Gasteiger charge is -1.92. The third-order valence-corrected chi connectivity index (χ3v) is 0.641. The van der Waals surface area contributed by atoms with Gasteiger partial charge < -0.3 is 0 Å². The van der Waals surface area contributed by atoms with Crippen molar-refractivity contribution in [2.75, 3.05) is 6.61 Å². The van der Waals surface area contributed by atoms with E-state index < -0.39 is 0 Å². The SMILES string of the molecule is CCCOO[SiH3]. The molecule has 0 aromatic heterocycles. The number of rotatable bonds is 3. The van der Waals surface area contributed by atoms with Crippen molar-refractivity contribution >= 4 is 10.5 Å². The Kier molecular flexibility index (Phi) is 5.25. The van der Waals surface area contributed by atoms with Crippen molar-refractivity contribution in [3.8, 4) is 0 Å². The second-order valence-electron chi connectivity index (χ2n) is 0.989. The average Bonchev–Trinajstić information content (AvgIpc) is 1.61. The van der Waals surface area contributed by atoms with E-state index in [-0.39, 0.29) is 0 Å². The topological polar surface area (TPSA) is 18.5 Å². The van der Waals surface area contributed by atoms with E-state index >= 15 is 0 Å². The van der Waals surface area contributed by atoms with E-state index in [2.05, 4.69) is 9.46 Å². The highest BCUT2D eigenvalue weighted by atomic mass is 28.2. The molecule has 0 N–H and O–H groups in total. The number of hydrogen-bond acceptors (Lipinski definition) is 2. The molecule has 2 nitrogen and oxygen atoms in total. The van der Waals surface area contributed by atoms with Crippen molar-refractivity contribution in [1.82, 2.24) is 0 Å². The van der Waals surface area contributed by atoms with Crippen LogP contribution in [0.3, 0.4) is 0 Å². The van der Waals surface area contributed by atoms with Crippen molar-refractivity contribution in [3.63, 3.8) is 0 Å². The van der Waals surface area contributed by atoms with E-state index in [0.29, 0.717) is 10.5 Å². The van der Waals surface area contributed by atoms with Gasteiger partial charge in [-0.05, 0) is 6.42 Å². The van der Waals surface area contributed by atoms with Gasteiger partial charge in [0.05, 0.1) is 6.61 Å². The molecule has 0 fully saturated rings. The fourth-order valence-corrected chi connectivity index (χ4v) is 0.333. The first kappa shape index (κ1) is 6.14. The minimum Gasteiger partial charge on any atom is -0.298 e. The minimum absolute atomic E-state index is 0.681. The van der Waals surface area contributed by atoms with Crippen LogP contribution in [0.25, 0.3) is 0 Å². The predicted octanol–water partition coefficient (Wildman–Crippen LogP) is -0.375. The van der Waals surface area contributed by atoms with Crippen LogP contribution in [0.15, 0.2) is 0 Å². The van der Waals surface area contributed by atoms with Crippen LogP contribution in [0.1, 0.15) is 13.3 Å². The van der Waals surface area contributed by atoms with E-state index in [1.807, 2.05) is 6.92 Å². The van der Waals surface area contributed by atoms with Gasteiger partial charge in [-0.25, -0.2) is 4.89 Å². The molecule has 0 rings (SSSR count). The number of hydrogen-bond donors (Lipinski definition) is 0. The standard InChI is InChI=1S/C3H10O2Si/c1-2-3-4-5-6/h2-3H2,1,6H3. The van der Waals surface area contributed by atoms with Crippen LogP contribution in [-0.4, -0.2) is 17.1 Å². The van der Waals surface area contributed by atoms with Crippen molar-refractivity contribution in [2.24, 2.45) is 0 Å². The molecule has 0 atom stereocenters. The van der Waals surface area contributed by atoms with Crippen LogP contribution >= 0.6 is 0 Å². The first-order valence-corrected chi connectivity index (χ1v) is 2.89. The summed E-state index contributed by atoms with van der Waals surface area (Å²) in [6, 6.07) is 0.